The van der Waals surface area contributed by atoms with E-state index in [2.05, 4.69) is 14.9 Å². The molecule has 0 aliphatic carbocycles. The molecule has 0 aromatic carbocycles. The third-order valence-corrected chi connectivity index (χ3v) is 2.70. The number of ether oxygens (including phenoxy) is 1. The molecule has 0 unspecified atom stereocenters. The molecule has 0 amide bonds. The first-order valence-corrected chi connectivity index (χ1v) is 5.74. The molecule has 3 N–H and O–H groups in total. The van der Waals surface area contributed by atoms with E-state index in [1.165, 1.54) is 0 Å². The van der Waals surface area contributed by atoms with Crippen LogP contribution in [0.2, 0.25) is 0 Å². The van der Waals surface area contributed by atoms with Gasteiger partial charge in [-0.2, -0.15) is 5.10 Å². The summed E-state index contributed by atoms with van der Waals surface area (Å²) >= 11 is 5.48. The summed E-state index contributed by atoms with van der Waals surface area (Å²) < 4.78 is 26.5. The van der Waals surface area contributed by atoms with Gasteiger partial charge in [0.05, 0.1) is 18.7 Å². The Balaban J connectivity index is 3.43. The Kier molecular flexibility index (Phi) is 3.32. The molecule has 0 bridgehead atoms. The van der Waals surface area contributed by atoms with Crippen molar-refractivity contribution < 1.29 is 17.9 Å². The lowest BCUT2D eigenvalue weighted by molar-refractivity contribution is 0.0595. The number of rotatable bonds is 3. The van der Waals surface area contributed by atoms with Gasteiger partial charge in [-0.15, -0.1) is 11.6 Å². The Bertz CT molecular complexity index is 481. The van der Waals surface area contributed by atoms with Crippen LogP contribution in [0.1, 0.15) is 16.1 Å². The van der Waals surface area contributed by atoms with Gasteiger partial charge in [0, 0.05) is 0 Å². The van der Waals surface area contributed by atoms with Crippen molar-refractivity contribution >= 4 is 27.6 Å². The molecule has 15 heavy (non-hydrogen) atoms. The van der Waals surface area contributed by atoms with Crippen LogP contribution in [0.3, 0.4) is 0 Å². The first-order valence-electron chi connectivity index (χ1n) is 3.66. The zero-order valence-corrected chi connectivity index (χ0v) is 9.22. The SMILES string of the molecule is COC(=O)c1c(S(N)(=O)=O)n[nH]c1CCl. The van der Waals surface area contributed by atoms with Crippen molar-refractivity contribution in [2.45, 2.75) is 10.9 Å². The number of carbonyl (C=O) groups excluding carboxylic acids is 1. The van der Waals surface area contributed by atoms with Crippen LogP contribution in [0, 0.1) is 0 Å². The second kappa shape index (κ2) is 4.17. The van der Waals surface area contributed by atoms with Gasteiger partial charge >= 0.3 is 5.97 Å². The van der Waals surface area contributed by atoms with Crippen molar-refractivity contribution in [1.29, 1.82) is 0 Å². The number of nitrogens with one attached hydrogen (secondary N) is 1. The summed E-state index contributed by atoms with van der Waals surface area (Å²) in [5.41, 5.74) is -0.109. The van der Waals surface area contributed by atoms with E-state index in [1.807, 2.05) is 0 Å². The number of methoxy groups -OCH3 is 1. The van der Waals surface area contributed by atoms with Crippen LogP contribution in [0.15, 0.2) is 5.03 Å². The zero-order valence-electron chi connectivity index (χ0n) is 7.65. The van der Waals surface area contributed by atoms with Gasteiger partial charge in [-0.3, -0.25) is 5.10 Å². The summed E-state index contributed by atoms with van der Waals surface area (Å²) in [7, 11) is -2.97. The molecule has 0 aliphatic heterocycles. The minimum atomic E-state index is -4.08. The van der Waals surface area contributed by atoms with Crippen LogP contribution < -0.4 is 5.14 Å². The third kappa shape index (κ3) is 2.28. The van der Waals surface area contributed by atoms with Gasteiger partial charge in [0.1, 0.15) is 5.56 Å². The van der Waals surface area contributed by atoms with Crippen molar-refractivity contribution in [2.75, 3.05) is 7.11 Å². The highest BCUT2D eigenvalue weighted by Crippen LogP contribution is 2.17. The predicted molar refractivity (Wildman–Crippen MR) is 50.9 cm³/mol. The molecule has 7 nitrogen and oxygen atoms in total. The first-order chi connectivity index (χ1) is 6.91. The van der Waals surface area contributed by atoms with Gasteiger partial charge in [0.25, 0.3) is 10.0 Å². The Morgan fingerprint density at radius 2 is 2.27 bits per heavy atom. The number of nitrogens with two attached hydrogens (primary N) is 1. The molecule has 1 aromatic heterocycles. The quantitative estimate of drug-likeness (QED) is 0.561. The molecule has 0 fully saturated rings. The molecule has 9 heteroatoms. The maximum atomic E-state index is 11.3. The molecule has 1 rings (SSSR count). The Labute approximate surface area is 90.6 Å². The Morgan fingerprint density at radius 1 is 1.67 bits per heavy atom. The molecule has 0 saturated heterocycles. The number of aromatic amines is 1. The van der Waals surface area contributed by atoms with E-state index < -0.39 is 21.0 Å². The molecule has 0 aliphatic rings. The topological polar surface area (TPSA) is 115 Å². The fourth-order valence-corrected chi connectivity index (χ4v) is 1.83. The highest BCUT2D eigenvalue weighted by atomic mass is 35.5. The van der Waals surface area contributed by atoms with Crippen molar-refractivity contribution in [2.24, 2.45) is 5.14 Å². The molecule has 0 atom stereocenters. The normalized spacial score (nSPS) is 11.4. The monoisotopic (exact) mass is 253 g/mol. The van der Waals surface area contributed by atoms with Crippen LogP contribution >= 0.6 is 11.6 Å². The maximum absolute atomic E-state index is 11.3. The number of alkyl halides is 1. The van der Waals surface area contributed by atoms with E-state index in [-0.39, 0.29) is 17.1 Å². The summed E-state index contributed by atoms with van der Waals surface area (Å²) in [4.78, 5) is 11.3. The number of esters is 1. The second-order valence-electron chi connectivity index (χ2n) is 2.55. The van der Waals surface area contributed by atoms with Gasteiger partial charge in [-0.1, -0.05) is 0 Å². The fourth-order valence-electron chi connectivity index (χ4n) is 0.974. The van der Waals surface area contributed by atoms with Gasteiger partial charge in [-0.05, 0) is 0 Å². The Morgan fingerprint density at radius 3 is 2.67 bits per heavy atom. The van der Waals surface area contributed by atoms with Crippen molar-refractivity contribution in [3.8, 4) is 0 Å². The molecule has 1 aromatic rings. The zero-order chi connectivity index (χ0) is 11.6. The van der Waals surface area contributed by atoms with E-state index in [0.717, 1.165) is 7.11 Å². The first kappa shape index (κ1) is 12.0. The second-order valence-corrected chi connectivity index (χ2v) is 4.30. The molecule has 0 radical (unpaired) electrons. The average molecular weight is 254 g/mol. The number of halogens is 1. The minimum Gasteiger partial charge on any atom is -0.465 e. The largest absolute Gasteiger partial charge is 0.465 e. The lowest BCUT2D eigenvalue weighted by Crippen LogP contribution is -2.17. The summed E-state index contributed by atoms with van der Waals surface area (Å²) in [6.45, 7) is 0. The Hall–Kier alpha value is -1.12. The van der Waals surface area contributed by atoms with Gasteiger partial charge in [0.2, 0.25) is 5.03 Å². The number of carbonyl (C=O) groups is 1. The fraction of sp³-hybridized carbons (Fsp3) is 0.333. The van der Waals surface area contributed by atoms with Crippen molar-refractivity contribution in [1.82, 2.24) is 10.2 Å². The van der Waals surface area contributed by atoms with Gasteiger partial charge in [0.15, 0.2) is 0 Å². The highest BCUT2D eigenvalue weighted by molar-refractivity contribution is 7.89. The van der Waals surface area contributed by atoms with Crippen LogP contribution in [0.25, 0.3) is 0 Å². The van der Waals surface area contributed by atoms with Crippen molar-refractivity contribution in [3.63, 3.8) is 0 Å². The summed E-state index contributed by atoms with van der Waals surface area (Å²) in [5, 5.41) is 10.0. The molecule has 84 valence electrons. The lowest BCUT2D eigenvalue weighted by Gasteiger charge is -1.99. The van der Waals surface area contributed by atoms with Gasteiger partial charge in [-0.25, -0.2) is 18.4 Å². The molecular weight excluding hydrogens is 246 g/mol. The number of hydrogen-bond donors (Lipinski definition) is 2. The van der Waals surface area contributed by atoms with Crippen molar-refractivity contribution in [3.05, 3.63) is 11.3 Å². The summed E-state index contributed by atoms with van der Waals surface area (Å²) in [5.74, 6) is -0.962. The van der Waals surface area contributed by atoms with Crippen LogP contribution in [-0.4, -0.2) is 31.7 Å². The van der Waals surface area contributed by atoms with E-state index in [0.29, 0.717) is 0 Å². The number of nitrogens with zero attached hydrogens (tertiary/aromatic N) is 1. The maximum Gasteiger partial charge on any atom is 0.342 e. The molecule has 0 spiro atoms. The molecule has 1 heterocycles. The number of sulfonamides is 1. The van der Waals surface area contributed by atoms with Crippen LogP contribution in [0.5, 0.6) is 0 Å². The number of H-pyrrole nitrogens is 1. The summed E-state index contributed by atoms with van der Waals surface area (Å²) in [6.07, 6.45) is 0. The number of aromatic nitrogens is 2. The third-order valence-electron chi connectivity index (χ3n) is 1.60. The summed E-state index contributed by atoms with van der Waals surface area (Å²) in [6, 6.07) is 0. The van der Waals surface area contributed by atoms with Crippen LogP contribution in [0.4, 0.5) is 0 Å². The smallest absolute Gasteiger partial charge is 0.342 e. The average Bonchev–Trinajstić information content (AvgIpc) is 2.59. The van der Waals surface area contributed by atoms with E-state index in [1.54, 1.807) is 0 Å². The number of primary sulfonamides is 1. The van der Waals surface area contributed by atoms with E-state index >= 15 is 0 Å². The highest BCUT2D eigenvalue weighted by Gasteiger charge is 2.27. The van der Waals surface area contributed by atoms with E-state index in [4.69, 9.17) is 16.7 Å². The molecular formula is C6H8ClN3O4S. The predicted octanol–water partition coefficient (Wildman–Crippen LogP) is -0.417. The lowest BCUT2D eigenvalue weighted by atomic mass is 10.3. The minimum absolute atomic E-state index is 0.104. The standard InChI is InChI=1S/C6H8ClN3O4S/c1-14-6(11)4-3(2-7)9-10-5(4)15(8,12)13/h2H2,1H3,(H,9,10)(H2,8,12,13). The number of hydrogen-bond acceptors (Lipinski definition) is 5. The molecule has 0 saturated carbocycles. The van der Waals surface area contributed by atoms with Gasteiger partial charge < -0.3 is 4.74 Å². The van der Waals surface area contributed by atoms with E-state index in [9.17, 15) is 13.2 Å². The van der Waals surface area contributed by atoms with Crippen LogP contribution in [-0.2, 0) is 20.6 Å².